The summed E-state index contributed by atoms with van der Waals surface area (Å²) in [4.78, 5) is 12.2. The van der Waals surface area contributed by atoms with Gasteiger partial charge in [0.15, 0.2) is 17.1 Å². The predicted octanol–water partition coefficient (Wildman–Crippen LogP) is 2.67. The summed E-state index contributed by atoms with van der Waals surface area (Å²) in [6, 6.07) is 10.3. The SMILES string of the molecule is O=C(/C=C/c1ccc2c(c1)OCO2)NC[C@@](O)(c1ccoc1)c1ccco1. The number of amides is 1. The van der Waals surface area contributed by atoms with E-state index < -0.39 is 5.60 Å². The van der Waals surface area contributed by atoms with Gasteiger partial charge in [-0.1, -0.05) is 6.07 Å². The molecular formula is C20H17NO6. The molecule has 3 aromatic rings. The van der Waals surface area contributed by atoms with Crippen molar-refractivity contribution in [3.05, 3.63) is 78.2 Å². The summed E-state index contributed by atoms with van der Waals surface area (Å²) < 4.78 is 21.0. The van der Waals surface area contributed by atoms with Gasteiger partial charge in [0.05, 0.1) is 25.3 Å². The molecule has 0 fully saturated rings. The number of hydrogen-bond acceptors (Lipinski definition) is 6. The van der Waals surface area contributed by atoms with Crippen LogP contribution < -0.4 is 14.8 Å². The summed E-state index contributed by atoms with van der Waals surface area (Å²) in [7, 11) is 0. The van der Waals surface area contributed by atoms with Crippen LogP contribution in [0.25, 0.3) is 6.08 Å². The average molecular weight is 367 g/mol. The zero-order valence-corrected chi connectivity index (χ0v) is 14.3. The third-order valence-corrected chi connectivity index (χ3v) is 4.27. The number of hydrogen-bond donors (Lipinski definition) is 2. The second kappa shape index (κ2) is 7.05. The van der Waals surface area contributed by atoms with E-state index in [0.29, 0.717) is 22.8 Å². The van der Waals surface area contributed by atoms with Crippen molar-refractivity contribution in [2.45, 2.75) is 5.60 Å². The molecule has 7 nitrogen and oxygen atoms in total. The van der Waals surface area contributed by atoms with Crippen molar-refractivity contribution in [2.24, 2.45) is 0 Å². The number of rotatable bonds is 6. The Morgan fingerprint density at radius 2 is 2.07 bits per heavy atom. The van der Waals surface area contributed by atoms with Crippen molar-refractivity contribution in [1.29, 1.82) is 0 Å². The minimum Gasteiger partial charge on any atom is -0.472 e. The van der Waals surface area contributed by atoms with E-state index in [2.05, 4.69) is 5.32 Å². The van der Waals surface area contributed by atoms with Crippen molar-refractivity contribution in [3.8, 4) is 11.5 Å². The third-order valence-electron chi connectivity index (χ3n) is 4.27. The molecule has 0 radical (unpaired) electrons. The molecule has 1 amide bonds. The van der Waals surface area contributed by atoms with Crippen molar-refractivity contribution in [3.63, 3.8) is 0 Å². The number of benzene rings is 1. The Balaban J connectivity index is 1.44. The van der Waals surface area contributed by atoms with Crippen molar-refractivity contribution in [1.82, 2.24) is 5.32 Å². The molecule has 0 spiro atoms. The quantitative estimate of drug-likeness (QED) is 0.651. The summed E-state index contributed by atoms with van der Waals surface area (Å²) in [5, 5.41) is 13.7. The molecule has 4 rings (SSSR count). The van der Waals surface area contributed by atoms with Gasteiger partial charge in [-0.2, -0.15) is 0 Å². The van der Waals surface area contributed by atoms with Gasteiger partial charge in [-0.15, -0.1) is 0 Å². The van der Waals surface area contributed by atoms with E-state index in [1.807, 2.05) is 6.07 Å². The Kier molecular flexibility index (Phi) is 4.43. The molecule has 2 aromatic heterocycles. The number of fused-ring (bicyclic) bond motifs is 1. The largest absolute Gasteiger partial charge is 0.472 e. The molecule has 3 heterocycles. The maximum atomic E-state index is 12.2. The first-order valence-electron chi connectivity index (χ1n) is 8.30. The van der Waals surface area contributed by atoms with Crippen LogP contribution in [0.15, 0.2) is 70.1 Å². The monoisotopic (exact) mass is 367 g/mol. The van der Waals surface area contributed by atoms with Crippen LogP contribution in [0.3, 0.4) is 0 Å². The highest BCUT2D eigenvalue weighted by Gasteiger charge is 2.35. The maximum Gasteiger partial charge on any atom is 0.244 e. The number of carbonyl (C=O) groups excluding carboxylic acids is 1. The van der Waals surface area contributed by atoms with Crippen molar-refractivity contribution >= 4 is 12.0 Å². The fourth-order valence-electron chi connectivity index (χ4n) is 2.81. The second-order valence-electron chi connectivity index (χ2n) is 6.01. The first-order chi connectivity index (χ1) is 13.1. The number of furan rings is 2. The molecular weight excluding hydrogens is 350 g/mol. The first-order valence-corrected chi connectivity index (χ1v) is 8.30. The smallest absolute Gasteiger partial charge is 0.244 e. The van der Waals surface area contributed by atoms with Crippen LogP contribution in [0.2, 0.25) is 0 Å². The van der Waals surface area contributed by atoms with E-state index in [4.69, 9.17) is 18.3 Å². The number of nitrogens with one attached hydrogen (secondary N) is 1. The number of ether oxygens (including phenoxy) is 2. The molecule has 1 aromatic carbocycles. The lowest BCUT2D eigenvalue weighted by Gasteiger charge is -2.24. The lowest BCUT2D eigenvalue weighted by atomic mass is 9.93. The fraction of sp³-hybridized carbons (Fsp3) is 0.150. The van der Waals surface area contributed by atoms with E-state index in [0.717, 1.165) is 5.56 Å². The lowest BCUT2D eigenvalue weighted by molar-refractivity contribution is -0.117. The average Bonchev–Trinajstić information content (AvgIpc) is 3.45. The summed E-state index contributed by atoms with van der Waals surface area (Å²) >= 11 is 0. The molecule has 0 saturated heterocycles. The molecule has 2 N–H and O–H groups in total. The molecule has 1 aliphatic rings. The Bertz CT molecular complexity index is 909. The van der Waals surface area contributed by atoms with Gasteiger partial charge in [0.2, 0.25) is 12.7 Å². The molecule has 0 saturated carbocycles. The van der Waals surface area contributed by atoms with E-state index in [1.165, 1.54) is 24.9 Å². The Morgan fingerprint density at radius 3 is 2.85 bits per heavy atom. The first kappa shape index (κ1) is 17.0. The van der Waals surface area contributed by atoms with Crippen molar-refractivity contribution < 1.29 is 28.2 Å². The molecule has 138 valence electrons. The van der Waals surface area contributed by atoms with Crippen molar-refractivity contribution in [2.75, 3.05) is 13.3 Å². The zero-order chi connectivity index (χ0) is 18.7. The summed E-state index contributed by atoms with van der Waals surface area (Å²) in [6.45, 7) is 0.118. The highest BCUT2D eigenvalue weighted by Crippen LogP contribution is 2.33. The standard InChI is InChI=1S/C20H17NO6/c22-19(6-4-14-3-5-16-17(10-14)27-13-26-16)21-12-20(23,15-7-9-24-11-15)18-2-1-8-25-18/h1-11,23H,12-13H2,(H,21,22)/b6-4+/t20-/m1/s1. The number of aliphatic hydroxyl groups is 1. The Labute approximate surface area is 154 Å². The molecule has 0 bridgehead atoms. The van der Waals surface area contributed by atoms with Crippen LogP contribution in [0.4, 0.5) is 0 Å². The summed E-state index contributed by atoms with van der Waals surface area (Å²) in [5.41, 5.74) is -0.248. The summed E-state index contributed by atoms with van der Waals surface area (Å²) in [6.07, 6.45) is 7.36. The lowest BCUT2D eigenvalue weighted by Crippen LogP contribution is -2.40. The van der Waals surface area contributed by atoms with Gasteiger partial charge >= 0.3 is 0 Å². The zero-order valence-electron chi connectivity index (χ0n) is 14.3. The molecule has 7 heteroatoms. The Morgan fingerprint density at radius 1 is 1.19 bits per heavy atom. The van der Waals surface area contributed by atoms with Gasteiger partial charge in [0.25, 0.3) is 0 Å². The van der Waals surface area contributed by atoms with Crippen LogP contribution in [0, 0.1) is 0 Å². The molecule has 1 aliphatic heterocycles. The van der Waals surface area contributed by atoms with Gasteiger partial charge in [-0.05, 0) is 42.0 Å². The van der Waals surface area contributed by atoms with Gasteiger partial charge < -0.3 is 28.7 Å². The van der Waals surface area contributed by atoms with E-state index >= 15 is 0 Å². The minimum absolute atomic E-state index is 0.0790. The topological polar surface area (TPSA) is 94.1 Å². The number of carbonyl (C=O) groups is 1. The summed E-state index contributed by atoms with van der Waals surface area (Å²) in [5.74, 6) is 1.27. The molecule has 27 heavy (non-hydrogen) atoms. The molecule has 0 aliphatic carbocycles. The van der Waals surface area contributed by atoms with Crippen LogP contribution in [-0.2, 0) is 10.4 Å². The second-order valence-corrected chi connectivity index (χ2v) is 6.01. The highest BCUT2D eigenvalue weighted by atomic mass is 16.7. The fourth-order valence-corrected chi connectivity index (χ4v) is 2.81. The highest BCUT2D eigenvalue weighted by molar-refractivity contribution is 5.91. The third kappa shape index (κ3) is 3.45. The van der Waals surface area contributed by atoms with Gasteiger partial charge in [-0.3, -0.25) is 4.79 Å². The van der Waals surface area contributed by atoms with E-state index in [-0.39, 0.29) is 19.2 Å². The van der Waals surface area contributed by atoms with E-state index in [9.17, 15) is 9.90 Å². The van der Waals surface area contributed by atoms with Crippen LogP contribution >= 0.6 is 0 Å². The minimum atomic E-state index is -1.53. The normalized spacial score (nSPS) is 15.0. The predicted molar refractivity (Wildman–Crippen MR) is 95.0 cm³/mol. The molecule has 0 unspecified atom stereocenters. The van der Waals surface area contributed by atoms with Gasteiger partial charge in [0.1, 0.15) is 5.76 Å². The molecule has 1 atom stereocenters. The van der Waals surface area contributed by atoms with Crippen LogP contribution in [0.1, 0.15) is 16.9 Å². The van der Waals surface area contributed by atoms with Gasteiger partial charge in [-0.25, -0.2) is 0 Å². The Hall–Kier alpha value is -3.45. The van der Waals surface area contributed by atoms with E-state index in [1.54, 1.807) is 36.4 Å². The van der Waals surface area contributed by atoms with Crippen LogP contribution in [-0.4, -0.2) is 24.4 Å². The van der Waals surface area contributed by atoms with Crippen LogP contribution in [0.5, 0.6) is 11.5 Å². The maximum absolute atomic E-state index is 12.2. The van der Waals surface area contributed by atoms with Gasteiger partial charge in [0, 0.05) is 11.6 Å².